The Balaban J connectivity index is 2.28. The highest BCUT2D eigenvalue weighted by atomic mass is 35.5. The summed E-state index contributed by atoms with van der Waals surface area (Å²) in [5.41, 5.74) is 7.30. The van der Waals surface area contributed by atoms with Crippen LogP contribution in [0.15, 0.2) is 36.4 Å². The summed E-state index contributed by atoms with van der Waals surface area (Å²) in [6.07, 6.45) is 0.837. The van der Waals surface area contributed by atoms with Gasteiger partial charge in [-0.05, 0) is 48.4 Å². The lowest BCUT2D eigenvalue weighted by atomic mass is 10.1. The molecule has 0 aliphatic heterocycles. The van der Waals surface area contributed by atoms with Crippen molar-refractivity contribution in [1.82, 2.24) is 0 Å². The van der Waals surface area contributed by atoms with Crippen LogP contribution in [0, 0.1) is 0 Å². The first-order valence-corrected chi connectivity index (χ1v) is 7.23. The van der Waals surface area contributed by atoms with Crippen molar-refractivity contribution in [3.8, 4) is 11.5 Å². The highest BCUT2D eigenvalue weighted by Crippen LogP contribution is 2.32. The molecule has 0 bridgehead atoms. The maximum absolute atomic E-state index is 6.16. The predicted octanol–water partition coefficient (Wildman–Crippen LogP) is 4.98. The van der Waals surface area contributed by atoms with Crippen LogP contribution in [0.1, 0.15) is 18.1 Å². The van der Waals surface area contributed by atoms with Crippen molar-refractivity contribution < 1.29 is 4.74 Å². The Bertz CT molecular complexity index is 658. The maximum Gasteiger partial charge on any atom is 0.146 e. The van der Waals surface area contributed by atoms with E-state index in [1.165, 1.54) is 0 Å². The number of thiocarbonyl (C=S) groups is 1. The minimum absolute atomic E-state index is 0.304. The van der Waals surface area contributed by atoms with E-state index in [0.29, 0.717) is 27.1 Å². The molecule has 20 heavy (non-hydrogen) atoms. The molecule has 5 heteroatoms. The molecular formula is C15H13Cl2NOS. The van der Waals surface area contributed by atoms with Gasteiger partial charge in [0.1, 0.15) is 16.5 Å². The number of benzene rings is 2. The van der Waals surface area contributed by atoms with E-state index in [-0.39, 0.29) is 0 Å². The minimum Gasteiger partial charge on any atom is -0.456 e. The van der Waals surface area contributed by atoms with Crippen molar-refractivity contribution in [3.63, 3.8) is 0 Å². The lowest BCUT2D eigenvalue weighted by Crippen LogP contribution is -2.08. The fourth-order valence-electron chi connectivity index (χ4n) is 1.75. The highest BCUT2D eigenvalue weighted by Gasteiger charge is 2.07. The summed E-state index contributed by atoms with van der Waals surface area (Å²) >= 11 is 17.1. The summed E-state index contributed by atoms with van der Waals surface area (Å²) in [5, 5.41) is 1.19. The lowest BCUT2D eigenvalue weighted by Gasteiger charge is -2.10. The second kappa shape index (κ2) is 6.44. The van der Waals surface area contributed by atoms with Gasteiger partial charge < -0.3 is 10.5 Å². The number of ether oxygens (including phenoxy) is 1. The molecule has 2 N–H and O–H groups in total. The molecule has 2 nitrogen and oxygen atoms in total. The van der Waals surface area contributed by atoms with Gasteiger partial charge >= 0.3 is 0 Å². The molecule has 0 amide bonds. The fraction of sp³-hybridized carbons (Fsp3) is 0.133. The number of rotatable bonds is 4. The van der Waals surface area contributed by atoms with Gasteiger partial charge in [-0.1, -0.05) is 42.3 Å². The molecule has 2 aromatic rings. The molecule has 0 spiro atoms. The molecule has 0 radical (unpaired) electrons. The van der Waals surface area contributed by atoms with Crippen LogP contribution in [0.3, 0.4) is 0 Å². The molecule has 0 atom stereocenters. The third-order valence-electron chi connectivity index (χ3n) is 2.84. The van der Waals surface area contributed by atoms with E-state index in [1.54, 1.807) is 24.3 Å². The topological polar surface area (TPSA) is 35.2 Å². The molecule has 0 unspecified atom stereocenters. The molecule has 0 aliphatic rings. The van der Waals surface area contributed by atoms with E-state index >= 15 is 0 Å². The van der Waals surface area contributed by atoms with Crippen LogP contribution in [0.2, 0.25) is 10.0 Å². The molecule has 104 valence electrons. The van der Waals surface area contributed by atoms with Gasteiger partial charge in [0.15, 0.2) is 0 Å². The summed E-state index contributed by atoms with van der Waals surface area (Å²) in [4.78, 5) is 0.304. The summed E-state index contributed by atoms with van der Waals surface area (Å²) in [6, 6.07) is 10.7. The molecule has 0 aromatic heterocycles. The van der Waals surface area contributed by atoms with E-state index in [4.69, 9.17) is 45.9 Å². The molecular weight excluding hydrogens is 313 g/mol. The fourth-order valence-corrected chi connectivity index (χ4v) is 2.35. The normalized spacial score (nSPS) is 10.3. The standard InChI is InChI=1S/C15H13Cl2NOS/c1-2-9-7-11(4-5-12(9)16)19-14-6-3-10(15(18)20)8-13(14)17/h3-8H,2H2,1H3,(H2,18,20). The van der Waals surface area contributed by atoms with Crippen molar-refractivity contribution in [2.45, 2.75) is 13.3 Å². The first-order chi connectivity index (χ1) is 9.51. The number of nitrogens with two attached hydrogens (primary N) is 1. The van der Waals surface area contributed by atoms with Crippen LogP contribution in [0.4, 0.5) is 0 Å². The molecule has 0 fully saturated rings. The smallest absolute Gasteiger partial charge is 0.146 e. The van der Waals surface area contributed by atoms with Crippen LogP contribution in [-0.4, -0.2) is 4.99 Å². The van der Waals surface area contributed by atoms with Gasteiger partial charge in [-0.25, -0.2) is 0 Å². The zero-order chi connectivity index (χ0) is 14.7. The largest absolute Gasteiger partial charge is 0.456 e. The van der Waals surface area contributed by atoms with Crippen molar-refractivity contribution >= 4 is 40.4 Å². The Morgan fingerprint density at radius 3 is 2.50 bits per heavy atom. The zero-order valence-electron chi connectivity index (χ0n) is 10.8. The summed E-state index contributed by atoms with van der Waals surface area (Å²) < 4.78 is 5.77. The number of hydrogen-bond acceptors (Lipinski definition) is 2. The highest BCUT2D eigenvalue weighted by molar-refractivity contribution is 7.80. The number of halogens is 2. The van der Waals surface area contributed by atoms with Gasteiger partial charge in [0.05, 0.1) is 5.02 Å². The monoisotopic (exact) mass is 325 g/mol. The first-order valence-electron chi connectivity index (χ1n) is 6.07. The van der Waals surface area contributed by atoms with Gasteiger partial charge in [-0.2, -0.15) is 0 Å². The Labute approximate surface area is 133 Å². The van der Waals surface area contributed by atoms with Crippen LogP contribution in [-0.2, 0) is 6.42 Å². The average Bonchev–Trinajstić information content (AvgIpc) is 2.42. The number of aryl methyl sites for hydroxylation is 1. The second-order valence-corrected chi connectivity index (χ2v) is 5.47. The van der Waals surface area contributed by atoms with E-state index in [9.17, 15) is 0 Å². The van der Waals surface area contributed by atoms with E-state index in [2.05, 4.69) is 0 Å². The Morgan fingerprint density at radius 2 is 1.90 bits per heavy atom. The van der Waals surface area contributed by atoms with Crippen molar-refractivity contribution in [1.29, 1.82) is 0 Å². The molecule has 0 aliphatic carbocycles. The quantitative estimate of drug-likeness (QED) is 0.805. The second-order valence-electron chi connectivity index (χ2n) is 4.22. The zero-order valence-corrected chi connectivity index (χ0v) is 13.1. The van der Waals surface area contributed by atoms with E-state index < -0.39 is 0 Å². The van der Waals surface area contributed by atoms with Gasteiger partial charge in [0.25, 0.3) is 0 Å². The van der Waals surface area contributed by atoms with E-state index in [1.807, 2.05) is 19.1 Å². The molecule has 0 saturated carbocycles. The van der Waals surface area contributed by atoms with Gasteiger partial charge in [0.2, 0.25) is 0 Å². The Hall–Kier alpha value is -1.29. The van der Waals surface area contributed by atoms with Gasteiger partial charge in [-0.15, -0.1) is 0 Å². The first kappa shape index (κ1) is 15.1. The van der Waals surface area contributed by atoms with Crippen molar-refractivity contribution in [2.24, 2.45) is 5.73 Å². The van der Waals surface area contributed by atoms with Crippen LogP contribution >= 0.6 is 35.4 Å². The Kier molecular flexibility index (Phi) is 4.86. The van der Waals surface area contributed by atoms with Gasteiger partial charge in [-0.3, -0.25) is 0 Å². The third kappa shape index (κ3) is 3.42. The molecule has 0 saturated heterocycles. The molecule has 0 heterocycles. The van der Waals surface area contributed by atoms with Crippen LogP contribution in [0.5, 0.6) is 11.5 Å². The van der Waals surface area contributed by atoms with Crippen molar-refractivity contribution in [3.05, 3.63) is 57.6 Å². The van der Waals surface area contributed by atoms with Crippen LogP contribution < -0.4 is 10.5 Å². The molecule has 2 rings (SSSR count). The number of hydrogen-bond donors (Lipinski definition) is 1. The summed E-state index contributed by atoms with van der Waals surface area (Å²) in [7, 11) is 0. The third-order valence-corrected chi connectivity index (χ3v) is 3.74. The van der Waals surface area contributed by atoms with Crippen LogP contribution in [0.25, 0.3) is 0 Å². The minimum atomic E-state index is 0.304. The SMILES string of the molecule is CCc1cc(Oc2ccc(C(N)=S)cc2Cl)ccc1Cl. The van der Waals surface area contributed by atoms with E-state index in [0.717, 1.165) is 17.0 Å². The predicted molar refractivity (Wildman–Crippen MR) is 88.2 cm³/mol. The average molecular weight is 326 g/mol. The van der Waals surface area contributed by atoms with Gasteiger partial charge in [0, 0.05) is 10.6 Å². The summed E-state index contributed by atoms with van der Waals surface area (Å²) in [5.74, 6) is 1.24. The maximum atomic E-state index is 6.16. The lowest BCUT2D eigenvalue weighted by molar-refractivity contribution is 0.482. The molecule has 2 aromatic carbocycles. The van der Waals surface area contributed by atoms with Crippen molar-refractivity contribution in [2.75, 3.05) is 0 Å². The Morgan fingerprint density at radius 1 is 1.15 bits per heavy atom. The summed E-state index contributed by atoms with van der Waals surface area (Å²) in [6.45, 7) is 2.04.